The summed E-state index contributed by atoms with van der Waals surface area (Å²) in [4.78, 5) is 13.5. The molecule has 32 heavy (non-hydrogen) atoms. The Morgan fingerprint density at radius 1 is 1.25 bits per heavy atom. The number of amides is 1. The average Bonchev–Trinajstić information content (AvgIpc) is 3.52. The lowest BCUT2D eigenvalue weighted by Gasteiger charge is -2.27. The molecule has 1 amide bonds. The molecule has 0 aromatic heterocycles. The summed E-state index contributed by atoms with van der Waals surface area (Å²) in [6, 6.07) is 12.3. The molecule has 0 saturated heterocycles. The molecule has 168 valence electrons. The van der Waals surface area contributed by atoms with Gasteiger partial charge < -0.3 is 10.1 Å². The summed E-state index contributed by atoms with van der Waals surface area (Å²) in [6.07, 6.45) is 3.68. The Bertz CT molecular complexity index is 1050. The number of carbonyl (C=O) groups excluding carboxylic acids is 1. The molecule has 0 spiro atoms. The third-order valence-electron chi connectivity index (χ3n) is 5.49. The van der Waals surface area contributed by atoms with Gasteiger partial charge in [-0.05, 0) is 60.6 Å². The van der Waals surface area contributed by atoms with Gasteiger partial charge in [-0.3, -0.25) is 4.79 Å². The van der Waals surface area contributed by atoms with E-state index in [0.29, 0.717) is 29.1 Å². The molecule has 3 nitrogen and oxygen atoms in total. The molecule has 0 radical (unpaired) electrons. The maximum Gasteiger partial charge on any atom is 0.228 e. The van der Waals surface area contributed by atoms with Crippen LogP contribution < -0.4 is 5.32 Å². The van der Waals surface area contributed by atoms with Crippen LogP contribution in [0, 0.1) is 5.82 Å². The van der Waals surface area contributed by atoms with Gasteiger partial charge in [-0.15, -0.1) is 11.8 Å². The smallest absolute Gasteiger partial charge is 0.228 e. The molecule has 1 N–H and O–H groups in total. The van der Waals surface area contributed by atoms with Crippen LogP contribution in [0.2, 0.25) is 5.02 Å². The number of rotatable bonds is 8. The Morgan fingerprint density at radius 3 is 2.62 bits per heavy atom. The number of alkyl halides is 1. The second kappa shape index (κ2) is 9.77. The molecule has 0 heterocycles. The van der Waals surface area contributed by atoms with E-state index in [2.05, 4.69) is 12.2 Å². The van der Waals surface area contributed by atoms with Gasteiger partial charge in [0.1, 0.15) is 11.9 Å². The highest BCUT2D eigenvalue weighted by atomic mass is 35.5. The summed E-state index contributed by atoms with van der Waals surface area (Å²) in [5, 5.41) is 3.05. The molecule has 0 bridgehead atoms. The number of thioether (sulfide) groups is 1. The van der Waals surface area contributed by atoms with E-state index < -0.39 is 23.7 Å². The normalized spacial score (nSPS) is 21.2. The van der Waals surface area contributed by atoms with Crippen molar-refractivity contribution in [2.24, 2.45) is 0 Å². The Balaban J connectivity index is 1.34. The van der Waals surface area contributed by atoms with Crippen molar-refractivity contribution in [1.82, 2.24) is 5.32 Å². The van der Waals surface area contributed by atoms with Crippen LogP contribution in [0.3, 0.4) is 0 Å². The molecule has 2 atom stereocenters. The minimum Gasteiger partial charge on any atom is -0.359 e. The summed E-state index contributed by atoms with van der Waals surface area (Å²) in [5.74, 6) is 0.325. The fourth-order valence-corrected chi connectivity index (χ4v) is 4.58. The van der Waals surface area contributed by atoms with Crippen molar-refractivity contribution in [3.63, 3.8) is 0 Å². The van der Waals surface area contributed by atoms with Crippen LogP contribution in [-0.4, -0.2) is 23.9 Å². The van der Waals surface area contributed by atoms with Crippen LogP contribution in [-0.2, 0) is 21.6 Å². The minimum atomic E-state index is -1.45. The topological polar surface area (TPSA) is 38.3 Å². The van der Waals surface area contributed by atoms with Gasteiger partial charge in [-0.2, -0.15) is 0 Å². The van der Waals surface area contributed by atoms with Gasteiger partial charge in [-0.25, -0.2) is 8.78 Å². The Morgan fingerprint density at radius 2 is 2.00 bits per heavy atom. The van der Waals surface area contributed by atoms with E-state index in [0.717, 1.165) is 16.2 Å². The molecular formula is C25H24ClF2NO2S. The highest BCUT2D eigenvalue weighted by molar-refractivity contribution is 7.99. The van der Waals surface area contributed by atoms with Crippen LogP contribution in [0.25, 0.3) is 0 Å². The lowest BCUT2D eigenvalue weighted by Crippen LogP contribution is -2.33. The van der Waals surface area contributed by atoms with Gasteiger partial charge in [0, 0.05) is 21.2 Å². The zero-order valence-corrected chi connectivity index (χ0v) is 19.2. The predicted molar refractivity (Wildman–Crippen MR) is 124 cm³/mol. The van der Waals surface area contributed by atoms with E-state index in [4.69, 9.17) is 16.3 Å². The van der Waals surface area contributed by atoms with E-state index in [-0.39, 0.29) is 12.3 Å². The maximum atomic E-state index is 14.8. The molecule has 1 fully saturated rings. The highest BCUT2D eigenvalue weighted by Gasteiger charge is 2.50. The van der Waals surface area contributed by atoms with Crippen molar-refractivity contribution >= 4 is 29.3 Å². The summed E-state index contributed by atoms with van der Waals surface area (Å²) in [7, 11) is 0. The van der Waals surface area contributed by atoms with Crippen molar-refractivity contribution in [2.75, 3.05) is 5.75 Å². The third-order valence-corrected chi connectivity index (χ3v) is 6.62. The average molecular weight is 476 g/mol. The van der Waals surface area contributed by atoms with Gasteiger partial charge in [0.2, 0.25) is 5.91 Å². The van der Waals surface area contributed by atoms with Crippen LogP contribution in [0.15, 0.2) is 71.3 Å². The van der Waals surface area contributed by atoms with Gasteiger partial charge in [0.15, 0.2) is 6.17 Å². The first-order chi connectivity index (χ1) is 15.4. The first-order valence-corrected chi connectivity index (χ1v) is 11.9. The standard InChI is InChI=1S/C25H24ClF2NO2S/c1-2-32-19-7-3-16(4-8-19)13-24(30)29-18-6-10-23(22(28)15-18)31-25(11-12-25)20-9-5-17(26)14-21(20)27/h3-10,14-15,22-23H,2,11-13H2,1H3,(H,29,30). The van der Waals surface area contributed by atoms with E-state index in [1.165, 1.54) is 12.1 Å². The molecule has 0 aliphatic heterocycles. The number of ether oxygens (including phenoxy) is 1. The van der Waals surface area contributed by atoms with E-state index in [1.54, 1.807) is 36.0 Å². The first kappa shape index (κ1) is 23.0. The largest absolute Gasteiger partial charge is 0.359 e. The number of hydrogen-bond acceptors (Lipinski definition) is 3. The summed E-state index contributed by atoms with van der Waals surface area (Å²) in [6.45, 7) is 2.09. The molecule has 4 rings (SSSR count). The van der Waals surface area contributed by atoms with E-state index in [9.17, 15) is 13.6 Å². The Hall–Kier alpha value is -2.15. The minimum absolute atomic E-state index is 0.206. The van der Waals surface area contributed by atoms with Gasteiger partial charge in [-0.1, -0.05) is 42.8 Å². The monoisotopic (exact) mass is 475 g/mol. The molecule has 2 aliphatic carbocycles. The number of hydrogen-bond donors (Lipinski definition) is 1. The van der Waals surface area contributed by atoms with Gasteiger partial charge >= 0.3 is 0 Å². The Kier molecular flexibility index (Phi) is 7.03. The zero-order chi connectivity index (χ0) is 22.7. The van der Waals surface area contributed by atoms with Crippen LogP contribution in [0.4, 0.5) is 8.78 Å². The predicted octanol–water partition coefficient (Wildman–Crippen LogP) is 6.12. The molecule has 2 aliphatic rings. The molecule has 2 unspecified atom stereocenters. The van der Waals surface area contributed by atoms with Crippen molar-refractivity contribution in [2.45, 2.75) is 49.0 Å². The summed E-state index contributed by atoms with van der Waals surface area (Å²) in [5.41, 5.74) is 0.851. The van der Waals surface area contributed by atoms with Crippen LogP contribution >= 0.6 is 23.4 Å². The lowest BCUT2D eigenvalue weighted by molar-refractivity contribution is -0.119. The molecular weight excluding hydrogens is 452 g/mol. The summed E-state index contributed by atoms with van der Waals surface area (Å²) >= 11 is 7.58. The number of nitrogens with one attached hydrogen (secondary N) is 1. The van der Waals surface area contributed by atoms with Crippen LogP contribution in [0.5, 0.6) is 0 Å². The quantitative estimate of drug-likeness (QED) is 0.468. The van der Waals surface area contributed by atoms with Crippen LogP contribution in [0.1, 0.15) is 30.9 Å². The zero-order valence-electron chi connectivity index (χ0n) is 17.6. The van der Waals surface area contributed by atoms with Crippen molar-refractivity contribution in [3.8, 4) is 0 Å². The van der Waals surface area contributed by atoms with Crippen molar-refractivity contribution < 1.29 is 18.3 Å². The second-order valence-corrected chi connectivity index (χ2v) is 9.70. The van der Waals surface area contributed by atoms with Gasteiger partial charge in [0.05, 0.1) is 12.0 Å². The van der Waals surface area contributed by atoms with E-state index >= 15 is 0 Å². The fraction of sp³-hybridized carbons (Fsp3) is 0.320. The molecule has 2 aromatic carbocycles. The highest BCUT2D eigenvalue weighted by Crippen LogP contribution is 2.51. The van der Waals surface area contributed by atoms with Gasteiger partial charge in [0.25, 0.3) is 0 Å². The number of allylic oxidation sites excluding steroid dienone is 1. The summed E-state index contributed by atoms with van der Waals surface area (Å²) < 4.78 is 35.1. The lowest BCUT2D eigenvalue weighted by atomic mass is 10.0. The number of benzene rings is 2. The molecule has 1 saturated carbocycles. The third kappa shape index (κ3) is 5.42. The SMILES string of the molecule is CCSc1ccc(CC(=O)NC2=CC(F)C(OC3(c4ccc(Cl)cc4F)CC3)C=C2)cc1. The maximum absolute atomic E-state index is 14.8. The molecule has 2 aromatic rings. The van der Waals surface area contributed by atoms with E-state index in [1.807, 2.05) is 24.3 Å². The van der Waals surface area contributed by atoms with Crippen molar-refractivity contribution in [1.29, 1.82) is 0 Å². The number of halogens is 3. The molecule has 7 heteroatoms. The Labute approximate surface area is 195 Å². The first-order valence-electron chi connectivity index (χ1n) is 10.6. The van der Waals surface area contributed by atoms with Crippen molar-refractivity contribution in [3.05, 3.63) is 88.4 Å². The fourth-order valence-electron chi connectivity index (χ4n) is 3.76. The second-order valence-electron chi connectivity index (χ2n) is 7.93. The number of carbonyl (C=O) groups is 1.